The summed E-state index contributed by atoms with van der Waals surface area (Å²) in [6.45, 7) is 1.77. The van der Waals surface area contributed by atoms with Gasteiger partial charge in [-0.15, -0.1) is 0 Å². The number of benzene rings is 2. The van der Waals surface area contributed by atoms with Gasteiger partial charge in [0.15, 0.2) is 0 Å². The average molecular weight is 398 g/mol. The maximum absolute atomic E-state index is 13.3. The van der Waals surface area contributed by atoms with Gasteiger partial charge in [0.05, 0.1) is 11.4 Å². The molecule has 1 unspecified atom stereocenters. The lowest BCUT2D eigenvalue weighted by molar-refractivity contribution is -0.141. The average Bonchev–Trinajstić information content (AvgIpc) is 2.88. The van der Waals surface area contributed by atoms with Crippen LogP contribution < -0.4 is 0 Å². The first-order valence-electron chi connectivity index (χ1n) is 9.25. The minimum atomic E-state index is -0.898. The number of carboxylic acid groups (broad SMARTS) is 1. The summed E-state index contributed by atoms with van der Waals surface area (Å²) < 4.78 is 1.53. The summed E-state index contributed by atoms with van der Waals surface area (Å²) >= 11 is 6.05. The molecule has 0 spiro atoms. The molecule has 4 rings (SSSR count). The summed E-state index contributed by atoms with van der Waals surface area (Å²) in [6.07, 6.45) is 2.72. The number of halogens is 1. The Bertz CT molecular complexity index is 1100. The van der Waals surface area contributed by atoms with Crippen molar-refractivity contribution in [3.63, 3.8) is 0 Å². The van der Waals surface area contributed by atoms with Crippen LogP contribution in [0, 0.1) is 12.8 Å². The van der Waals surface area contributed by atoms with Crippen LogP contribution in [0.25, 0.3) is 10.9 Å². The van der Waals surface area contributed by atoms with Gasteiger partial charge in [0.1, 0.15) is 5.75 Å². The Balaban J connectivity index is 1.96. The normalized spacial score (nSPS) is 15.4. The number of aliphatic carboxylic acids is 1. The smallest absolute Gasteiger partial charge is 0.311 e. The molecular weight excluding hydrogens is 378 g/mol. The van der Waals surface area contributed by atoms with Gasteiger partial charge in [-0.25, -0.2) is 0 Å². The Labute approximate surface area is 167 Å². The first kappa shape index (κ1) is 18.6. The van der Waals surface area contributed by atoms with E-state index in [4.69, 9.17) is 11.6 Å². The van der Waals surface area contributed by atoms with E-state index in [1.165, 1.54) is 10.6 Å². The number of hydrogen-bond donors (Lipinski definition) is 2. The number of rotatable bonds is 4. The van der Waals surface area contributed by atoms with E-state index in [9.17, 15) is 19.8 Å². The number of nitrogens with zero attached hydrogens (tertiary/aromatic N) is 1. The minimum absolute atomic E-state index is 0.0406. The molecule has 6 heteroatoms. The first-order valence-corrected chi connectivity index (χ1v) is 9.63. The predicted octanol–water partition coefficient (Wildman–Crippen LogP) is 4.97. The molecule has 0 radical (unpaired) electrons. The maximum atomic E-state index is 13.3. The number of phenolic OH excluding ortho intramolecular Hbond substituents is 1. The first-order chi connectivity index (χ1) is 13.4. The molecule has 0 amide bonds. The van der Waals surface area contributed by atoms with Gasteiger partial charge in [-0.1, -0.05) is 24.1 Å². The molecule has 0 aliphatic heterocycles. The third-order valence-corrected chi connectivity index (χ3v) is 5.94. The summed E-state index contributed by atoms with van der Waals surface area (Å²) in [4.78, 5) is 25.4. The molecule has 0 saturated heterocycles. The fraction of sp³-hybridized carbons (Fsp3) is 0.273. The van der Waals surface area contributed by atoms with E-state index in [0.29, 0.717) is 32.7 Å². The highest BCUT2D eigenvalue weighted by Gasteiger charge is 2.38. The van der Waals surface area contributed by atoms with Gasteiger partial charge in [0.2, 0.25) is 0 Å². The molecule has 3 aromatic rings. The largest absolute Gasteiger partial charge is 0.508 e. The molecule has 1 aromatic heterocycles. The lowest BCUT2D eigenvalue weighted by Crippen LogP contribution is -2.27. The van der Waals surface area contributed by atoms with E-state index in [-0.39, 0.29) is 17.6 Å². The summed E-state index contributed by atoms with van der Waals surface area (Å²) in [7, 11) is 0. The van der Waals surface area contributed by atoms with Crippen molar-refractivity contribution in [2.75, 3.05) is 0 Å². The van der Waals surface area contributed by atoms with Crippen LogP contribution in [-0.2, 0) is 4.79 Å². The number of fused-ring (bicyclic) bond motifs is 1. The van der Waals surface area contributed by atoms with Gasteiger partial charge in [-0.3, -0.25) is 14.2 Å². The molecule has 1 saturated carbocycles. The van der Waals surface area contributed by atoms with Crippen LogP contribution in [0.2, 0.25) is 5.02 Å². The van der Waals surface area contributed by atoms with Crippen LogP contribution in [0.1, 0.15) is 46.8 Å². The Morgan fingerprint density at radius 2 is 1.93 bits per heavy atom. The lowest BCUT2D eigenvalue weighted by Gasteiger charge is -2.31. The highest BCUT2D eigenvalue weighted by atomic mass is 35.5. The van der Waals surface area contributed by atoms with E-state index in [2.05, 4.69) is 0 Å². The van der Waals surface area contributed by atoms with E-state index >= 15 is 0 Å². The van der Waals surface area contributed by atoms with Crippen molar-refractivity contribution in [1.29, 1.82) is 0 Å². The Hall–Kier alpha value is -2.79. The topological polar surface area (TPSA) is 79.5 Å². The zero-order chi connectivity index (χ0) is 20.0. The second-order valence-corrected chi connectivity index (χ2v) is 7.79. The Kier molecular flexibility index (Phi) is 4.63. The minimum Gasteiger partial charge on any atom is -0.508 e. The van der Waals surface area contributed by atoms with Gasteiger partial charge in [0, 0.05) is 21.7 Å². The van der Waals surface area contributed by atoms with Gasteiger partial charge >= 0.3 is 5.97 Å². The Morgan fingerprint density at radius 1 is 1.18 bits per heavy atom. The van der Waals surface area contributed by atoms with Crippen LogP contribution in [-0.4, -0.2) is 26.7 Å². The molecular formula is C22H20ClNO4. The molecule has 5 nitrogen and oxygen atoms in total. The van der Waals surface area contributed by atoms with Gasteiger partial charge in [-0.2, -0.15) is 0 Å². The van der Waals surface area contributed by atoms with Gasteiger partial charge < -0.3 is 10.2 Å². The number of aromatic nitrogens is 1. The molecule has 0 bridgehead atoms. The van der Waals surface area contributed by atoms with E-state index in [1.54, 1.807) is 43.3 Å². The van der Waals surface area contributed by atoms with E-state index in [0.717, 1.165) is 19.3 Å². The van der Waals surface area contributed by atoms with Crippen LogP contribution in [0.15, 0.2) is 42.5 Å². The molecule has 1 heterocycles. The van der Waals surface area contributed by atoms with Crippen molar-refractivity contribution < 1.29 is 19.8 Å². The van der Waals surface area contributed by atoms with Crippen molar-refractivity contribution in [3.05, 3.63) is 64.3 Å². The molecule has 1 aliphatic rings. The fourth-order valence-electron chi connectivity index (χ4n) is 4.17. The molecule has 2 N–H and O–H groups in total. The highest BCUT2D eigenvalue weighted by Crippen LogP contribution is 2.44. The van der Waals surface area contributed by atoms with Crippen LogP contribution in [0.5, 0.6) is 5.75 Å². The van der Waals surface area contributed by atoms with E-state index in [1.807, 2.05) is 0 Å². The number of phenols is 1. The third kappa shape index (κ3) is 2.96. The van der Waals surface area contributed by atoms with Gasteiger partial charge in [-0.05, 0) is 67.6 Å². The van der Waals surface area contributed by atoms with Crippen LogP contribution in [0.4, 0.5) is 0 Å². The van der Waals surface area contributed by atoms with Gasteiger partial charge in [0.25, 0.3) is 5.91 Å². The zero-order valence-electron chi connectivity index (χ0n) is 15.4. The monoisotopic (exact) mass is 397 g/mol. The van der Waals surface area contributed by atoms with Crippen LogP contribution in [0.3, 0.4) is 0 Å². The maximum Gasteiger partial charge on any atom is 0.311 e. The summed E-state index contributed by atoms with van der Waals surface area (Å²) in [5.41, 5.74) is 2.20. The molecule has 1 atom stereocenters. The number of carbonyl (C=O) groups excluding carboxylic acids is 1. The fourth-order valence-corrected chi connectivity index (χ4v) is 4.36. The zero-order valence-corrected chi connectivity index (χ0v) is 16.1. The SMILES string of the molecule is Cc1c(C(C(=O)O)C2CCC2)c2cc(O)ccc2n1C(=O)c1cccc(Cl)c1. The van der Waals surface area contributed by atoms with Crippen molar-refractivity contribution >= 4 is 34.4 Å². The second-order valence-electron chi connectivity index (χ2n) is 7.36. The number of carboxylic acids is 1. The molecule has 144 valence electrons. The summed E-state index contributed by atoms with van der Waals surface area (Å²) in [5.74, 6) is -1.80. The second kappa shape index (κ2) is 6.99. The molecule has 28 heavy (non-hydrogen) atoms. The third-order valence-electron chi connectivity index (χ3n) is 5.71. The Morgan fingerprint density at radius 3 is 2.54 bits per heavy atom. The van der Waals surface area contributed by atoms with Crippen molar-refractivity contribution in [2.24, 2.45) is 5.92 Å². The predicted molar refractivity (Wildman–Crippen MR) is 107 cm³/mol. The highest BCUT2D eigenvalue weighted by molar-refractivity contribution is 6.31. The molecule has 1 aliphatic carbocycles. The lowest BCUT2D eigenvalue weighted by atomic mass is 9.72. The van der Waals surface area contributed by atoms with Crippen molar-refractivity contribution in [3.8, 4) is 5.75 Å². The van der Waals surface area contributed by atoms with Crippen molar-refractivity contribution in [2.45, 2.75) is 32.1 Å². The van der Waals surface area contributed by atoms with E-state index < -0.39 is 11.9 Å². The number of aromatic hydroxyl groups is 1. The summed E-state index contributed by atoms with van der Waals surface area (Å²) in [5, 5.41) is 21.0. The number of carbonyl (C=O) groups is 2. The van der Waals surface area contributed by atoms with Crippen LogP contribution >= 0.6 is 11.6 Å². The molecule has 2 aromatic carbocycles. The molecule has 1 fully saturated rings. The quantitative estimate of drug-likeness (QED) is 0.651. The summed E-state index contributed by atoms with van der Waals surface area (Å²) in [6, 6.07) is 11.4. The number of hydrogen-bond acceptors (Lipinski definition) is 3. The van der Waals surface area contributed by atoms with Crippen molar-refractivity contribution in [1.82, 2.24) is 4.57 Å². The standard InChI is InChI=1S/C22H20ClNO4/c1-12-19(20(22(27)28)13-4-2-5-13)17-11-16(25)8-9-18(17)24(12)21(26)14-6-3-7-15(23)10-14/h3,6-11,13,20,25H,2,4-5H2,1H3,(H,27,28).